The van der Waals surface area contributed by atoms with E-state index in [4.69, 9.17) is 0 Å². The van der Waals surface area contributed by atoms with Crippen molar-refractivity contribution in [2.45, 2.75) is 27.3 Å². The third kappa shape index (κ3) is 3.16. The maximum Gasteiger partial charge on any atom is 0.312 e. The van der Waals surface area contributed by atoms with Crippen LogP contribution in [0, 0.1) is 24.0 Å². The molecule has 0 atom stereocenters. The summed E-state index contributed by atoms with van der Waals surface area (Å²) in [6, 6.07) is 0. The summed E-state index contributed by atoms with van der Waals surface area (Å²) in [4.78, 5) is 21.9. The zero-order valence-electron chi connectivity index (χ0n) is 10.7. The molecular weight excluding hydrogens is 236 g/mol. The number of rotatable bonds is 5. The largest absolute Gasteiger partial charge is 0.351 e. The third-order valence-corrected chi connectivity index (χ3v) is 2.41. The van der Waals surface area contributed by atoms with Crippen molar-refractivity contribution in [1.82, 2.24) is 15.1 Å². The average Bonchev–Trinajstić information content (AvgIpc) is 2.51. The van der Waals surface area contributed by atoms with E-state index in [-0.39, 0.29) is 18.1 Å². The molecule has 7 heteroatoms. The lowest BCUT2D eigenvalue weighted by molar-refractivity contribution is -0.386. The van der Waals surface area contributed by atoms with E-state index < -0.39 is 4.92 Å². The van der Waals surface area contributed by atoms with Crippen LogP contribution < -0.4 is 5.32 Å². The van der Waals surface area contributed by atoms with Crippen LogP contribution in [0.15, 0.2) is 12.2 Å². The Kier molecular flexibility index (Phi) is 4.19. The summed E-state index contributed by atoms with van der Waals surface area (Å²) in [6.45, 7) is 8.94. The van der Waals surface area contributed by atoms with Gasteiger partial charge < -0.3 is 5.32 Å². The number of hydrogen-bond donors (Lipinski definition) is 1. The summed E-state index contributed by atoms with van der Waals surface area (Å²) < 4.78 is 1.33. The minimum atomic E-state index is -0.486. The number of aryl methyl sites for hydroxylation is 1. The number of carbonyl (C=O) groups excluding carboxylic acids is 1. The highest BCUT2D eigenvalue weighted by atomic mass is 16.6. The van der Waals surface area contributed by atoms with E-state index in [1.807, 2.05) is 0 Å². The van der Waals surface area contributed by atoms with Crippen molar-refractivity contribution >= 4 is 11.6 Å². The fourth-order valence-corrected chi connectivity index (χ4v) is 1.55. The highest BCUT2D eigenvalue weighted by Gasteiger charge is 2.22. The molecule has 1 amide bonds. The van der Waals surface area contributed by atoms with Crippen molar-refractivity contribution < 1.29 is 9.72 Å². The van der Waals surface area contributed by atoms with Gasteiger partial charge in [0.05, 0.1) is 4.92 Å². The molecule has 0 spiro atoms. The van der Waals surface area contributed by atoms with Gasteiger partial charge in [-0.2, -0.15) is 5.10 Å². The first-order chi connectivity index (χ1) is 8.32. The molecule has 7 nitrogen and oxygen atoms in total. The minimum Gasteiger partial charge on any atom is -0.351 e. The van der Waals surface area contributed by atoms with Crippen molar-refractivity contribution in [2.24, 2.45) is 0 Å². The Hall–Kier alpha value is -2.18. The molecule has 0 aliphatic rings. The molecule has 1 N–H and O–H groups in total. The monoisotopic (exact) mass is 252 g/mol. The fraction of sp³-hybridized carbons (Fsp3) is 0.455. The number of aromatic nitrogens is 2. The molecule has 0 saturated heterocycles. The Morgan fingerprint density at radius 1 is 1.56 bits per heavy atom. The molecule has 1 aromatic heterocycles. The second-order valence-corrected chi connectivity index (χ2v) is 4.17. The van der Waals surface area contributed by atoms with Gasteiger partial charge in [-0.15, -0.1) is 0 Å². The van der Waals surface area contributed by atoms with Crippen LogP contribution in [-0.4, -0.2) is 27.2 Å². The predicted octanol–water partition coefficient (Wildman–Crippen LogP) is 1.10. The summed E-state index contributed by atoms with van der Waals surface area (Å²) in [5, 5.41) is 17.4. The summed E-state index contributed by atoms with van der Waals surface area (Å²) in [7, 11) is 0. The van der Waals surface area contributed by atoms with Gasteiger partial charge in [0, 0.05) is 6.54 Å². The number of nitrogens with zero attached hydrogens (tertiary/aromatic N) is 3. The van der Waals surface area contributed by atoms with Gasteiger partial charge in [0.15, 0.2) is 0 Å². The van der Waals surface area contributed by atoms with E-state index in [0.29, 0.717) is 17.9 Å². The van der Waals surface area contributed by atoms with Crippen molar-refractivity contribution in [2.75, 3.05) is 6.54 Å². The molecule has 98 valence electrons. The molecule has 0 aliphatic carbocycles. The molecule has 0 saturated carbocycles. The zero-order valence-corrected chi connectivity index (χ0v) is 10.7. The van der Waals surface area contributed by atoms with Crippen molar-refractivity contribution in [3.8, 4) is 0 Å². The molecule has 0 bridgehead atoms. The number of hydrogen-bond acceptors (Lipinski definition) is 4. The van der Waals surface area contributed by atoms with Gasteiger partial charge in [-0.05, 0) is 20.8 Å². The van der Waals surface area contributed by atoms with Crippen LogP contribution in [-0.2, 0) is 11.3 Å². The second-order valence-electron chi connectivity index (χ2n) is 4.17. The van der Waals surface area contributed by atoms with Crippen LogP contribution in [0.2, 0.25) is 0 Å². The Morgan fingerprint density at radius 3 is 2.61 bits per heavy atom. The van der Waals surface area contributed by atoms with Crippen LogP contribution in [0.3, 0.4) is 0 Å². The standard InChI is InChI=1S/C11H16N4O3/c1-7(2)5-12-10(16)6-14-9(4)11(15(17)18)8(3)13-14/h1,5-6H2,2-4H3,(H,12,16). The van der Waals surface area contributed by atoms with E-state index in [1.165, 1.54) is 4.68 Å². The number of amides is 1. The van der Waals surface area contributed by atoms with Crippen LogP contribution >= 0.6 is 0 Å². The topological polar surface area (TPSA) is 90.1 Å². The summed E-state index contributed by atoms with van der Waals surface area (Å²) >= 11 is 0. The van der Waals surface area contributed by atoms with E-state index in [1.54, 1.807) is 20.8 Å². The lowest BCUT2D eigenvalue weighted by atomic mass is 10.3. The van der Waals surface area contributed by atoms with Gasteiger partial charge in [-0.3, -0.25) is 19.6 Å². The Morgan fingerprint density at radius 2 is 2.17 bits per heavy atom. The Balaban J connectivity index is 2.80. The first-order valence-corrected chi connectivity index (χ1v) is 5.42. The molecule has 0 unspecified atom stereocenters. The summed E-state index contributed by atoms with van der Waals surface area (Å²) in [5.41, 5.74) is 1.48. The molecule has 1 rings (SSSR count). The van der Waals surface area contributed by atoms with Crippen LogP contribution in [0.4, 0.5) is 5.69 Å². The minimum absolute atomic E-state index is 0.0339. The highest BCUT2D eigenvalue weighted by Crippen LogP contribution is 2.21. The first kappa shape index (κ1) is 13.9. The smallest absolute Gasteiger partial charge is 0.312 e. The van der Waals surface area contributed by atoms with Crippen LogP contribution in [0.25, 0.3) is 0 Å². The quantitative estimate of drug-likeness (QED) is 0.482. The molecule has 0 fully saturated rings. The zero-order chi connectivity index (χ0) is 13.9. The van der Waals surface area contributed by atoms with Crippen LogP contribution in [0.1, 0.15) is 18.3 Å². The van der Waals surface area contributed by atoms with Gasteiger partial charge in [-0.1, -0.05) is 12.2 Å². The number of nitrogens with one attached hydrogen (secondary N) is 1. The van der Waals surface area contributed by atoms with Gasteiger partial charge in [0.1, 0.15) is 17.9 Å². The maximum atomic E-state index is 11.6. The lowest BCUT2D eigenvalue weighted by Crippen LogP contribution is -2.29. The van der Waals surface area contributed by atoms with Crippen LogP contribution in [0.5, 0.6) is 0 Å². The molecule has 1 aromatic rings. The third-order valence-electron chi connectivity index (χ3n) is 2.41. The first-order valence-electron chi connectivity index (χ1n) is 5.42. The average molecular weight is 252 g/mol. The van der Waals surface area contributed by atoms with Crippen molar-refractivity contribution in [3.63, 3.8) is 0 Å². The summed E-state index contributed by atoms with van der Waals surface area (Å²) in [6.07, 6.45) is 0. The number of nitro groups is 1. The van der Waals surface area contributed by atoms with E-state index >= 15 is 0 Å². The molecule has 1 heterocycles. The van der Waals surface area contributed by atoms with Crippen molar-refractivity contribution in [3.05, 3.63) is 33.7 Å². The lowest BCUT2D eigenvalue weighted by Gasteiger charge is -2.05. The fourth-order valence-electron chi connectivity index (χ4n) is 1.55. The number of carbonyl (C=O) groups is 1. The predicted molar refractivity (Wildman–Crippen MR) is 66.2 cm³/mol. The highest BCUT2D eigenvalue weighted by molar-refractivity contribution is 5.76. The molecule has 0 aromatic carbocycles. The van der Waals surface area contributed by atoms with Gasteiger partial charge in [-0.25, -0.2) is 0 Å². The summed E-state index contributed by atoms with van der Waals surface area (Å²) in [5.74, 6) is -0.251. The molecular formula is C11H16N4O3. The Bertz CT molecular complexity index is 505. The normalized spacial score (nSPS) is 10.2. The van der Waals surface area contributed by atoms with E-state index in [9.17, 15) is 14.9 Å². The maximum absolute atomic E-state index is 11.6. The van der Waals surface area contributed by atoms with Gasteiger partial charge >= 0.3 is 5.69 Å². The SMILES string of the molecule is C=C(C)CNC(=O)Cn1nc(C)c([N+](=O)[O-])c1C. The molecule has 18 heavy (non-hydrogen) atoms. The molecule has 0 aliphatic heterocycles. The molecule has 0 radical (unpaired) electrons. The van der Waals surface area contributed by atoms with Gasteiger partial charge in [0.2, 0.25) is 5.91 Å². The Labute approximate surface area is 105 Å². The second kappa shape index (κ2) is 5.44. The van der Waals surface area contributed by atoms with E-state index in [0.717, 1.165) is 5.57 Å². The van der Waals surface area contributed by atoms with Gasteiger partial charge in [0.25, 0.3) is 0 Å². The van der Waals surface area contributed by atoms with Crippen molar-refractivity contribution in [1.29, 1.82) is 0 Å². The van der Waals surface area contributed by atoms with E-state index in [2.05, 4.69) is 17.0 Å².